The number of hydrogen-bond donors (Lipinski definition) is 2. The van der Waals surface area contributed by atoms with E-state index in [4.69, 9.17) is 0 Å². The van der Waals surface area contributed by atoms with Gasteiger partial charge in [0.1, 0.15) is 11.5 Å². The van der Waals surface area contributed by atoms with Crippen molar-refractivity contribution in [2.75, 3.05) is 11.9 Å². The number of amides is 1. The van der Waals surface area contributed by atoms with Crippen LogP contribution in [0.15, 0.2) is 66.9 Å². The molecule has 0 aliphatic carbocycles. The monoisotopic (exact) mass is 349 g/mol. The van der Waals surface area contributed by atoms with Crippen LogP contribution in [-0.4, -0.2) is 17.4 Å². The molecule has 0 radical (unpaired) electrons. The number of nitrogens with one attached hydrogen (secondary N) is 2. The fourth-order valence-electron chi connectivity index (χ4n) is 2.50. The molecule has 3 aromatic rings. The van der Waals surface area contributed by atoms with E-state index in [-0.39, 0.29) is 11.7 Å². The lowest BCUT2D eigenvalue weighted by Crippen LogP contribution is -2.26. The van der Waals surface area contributed by atoms with E-state index in [1.165, 1.54) is 17.7 Å². The third-order valence-corrected chi connectivity index (χ3v) is 3.95. The summed E-state index contributed by atoms with van der Waals surface area (Å²) in [6, 6.07) is 17.8. The van der Waals surface area contributed by atoms with E-state index in [2.05, 4.69) is 15.6 Å². The van der Waals surface area contributed by atoms with Crippen molar-refractivity contribution in [3.8, 4) is 0 Å². The first-order valence-electron chi connectivity index (χ1n) is 8.42. The zero-order valence-electron chi connectivity index (χ0n) is 14.5. The van der Waals surface area contributed by atoms with Crippen molar-refractivity contribution in [1.29, 1.82) is 0 Å². The molecule has 2 aromatic carbocycles. The Hall–Kier alpha value is -3.21. The molecular formula is C21H20FN3O. The highest BCUT2D eigenvalue weighted by Gasteiger charge is 2.08. The minimum Gasteiger partial charge on any atom is -0.355 e. The van der Waals surface area contributed by atoms with E-state index in [1.54, 1.807) is 24.4 Å². The van der Waals surface area contributed by atoms with E-state index in [1.807, 2.05) is 37.3 Å². The van der Waals surface area contributed by atoms with Crippen molar-refractivity contribution in [1.82, 2.24) is 10.3 Å². The summed E-state index contributed by atoms with van der Waals surface area (Å²) < 4.78 is 12.9. The van der Waals surface area contributed by atoms with Gasteiger partial charge in [-0.2, -0.15) is 0 Å². The predicted octanol–water partition coefficient (Wildman–Crippen LogP) is 4.25. The summed E-state index contributed by atoms with van der Waals surface area (Å²) >= 11 is 0. The van der Waals surface area contributed by atoms with Crippen LogP contribution in [0.2, 0.25) is 0 Å². The van der Waals surface area contributed by atoms with Crippen LogP contribution in [0.5, 0.6) is 0 Å². The number of hydrogen-bond acceptors (Lipinski definition) is 3. The maximum atomic E-state index is 12.9. The average Bonchev–Trinajstić information content (AvgIpc) is 2.65. The fourth-order valence-corrected chi connectivity index (χ4v) is 2.50. The first-order chi connectivity index (χ1) is 12.6. The van der Waals surface area contributed by atoms with E-state index in [0.717, 1.165) is 16.9 Å². The van der Waals surface area contributed by atoms with Crippen LogP contribution in [0.4, 0.5) is 15.8 Å². The highest BCUT2D eigenvalue weighted by atomic mass is 19.1. The summed E-state index contributed by atoms with van der Waals surface area (Å²) in [4.78, 5) is 16.4. The van der Waals surface area contributed by atoms with Crippen molar-refractivity contribution in [2.45, 2.75) is 13.3 Å². The molecule has 0 bridgehead atoms. The lowest BCUT2D eigenvalue weighted by Gasteiger charge is -2.09. The molecule has 0 spiro atoms. The lowest BCUT2D eigenvalue weighted by atomic mass is 10.1. The first kappa shape index (κ1) is 17.6. The average molecular weight is 349 g/mol. The molecule has 2 N–H and O–H groups in total. The van der Waals surface area contributed by atoms with E-state index < -0.39 is 0 Å². The molecule has 0 fully saturated rings. The quantitative estimate of drug-likeness (QED) is 0.700. The molecule has 1 aromatic heterocycles. The molecular weight excluding hydrogens is 329 g/mol. The first-order valence-corrected chi connectivity index (χ1v) is 8.42. The number of rotatable bonds is 6. The minimum atomic E-state index is -0.264. The van der Waals surface area contributed by atoms with Gasteiger partial charge < -0.3 is 10.6 Å². The molecule has 26 heavy (non-hydrogen) atoms. The number of aromatic nitrogens is 1. The Kier molecular flexibility index (Phi) is 5.59. The number of nitrogens with zero attached hydrogens (tertiary/aromatic N) is 1. The zero-order valence-corrected chi connectivity index (χ0v) is 14.5. The number of anilines is 2. The van der Waals surface area contributed by atoms with Crippen molar-refractivity contribution in [2.24, 2.45) is 0 Å². The smallest absolute Gasteiger partial charge is 0.269 e. The molecule has 0 aliphatic heterocycles. The molecule has 5 heteroatoms. The number of aryl methyl sites for hydroxylation is 1. The Morgan fingerprint density at radius 1 is 1.00 bits per heavy atom. The van der Waals surface area contributed by atoms with Crippen molar-refractivity contribution >= 4 is 17.3 Å². The van der Waals surface area contributed by atoms with Gasteiger partial charge in [0.15, 0.2) is 0 Å². The van der Waals surface area contributed by atoms with Gasteiger partial charge in [-0.3, -0.25) is 9.78 Å². The highest BCUT2D eigenvalue weighted by Crippen LogP contribution is 2.17. The summed E-state index contributed by atoms with van der Waals surface area (Å²) in [7, 11) is 0. The van der Waals surface area contributed by atoms with Crippen LogP contribution in [0, 0.1) is 12.7 Å². The second-order valence-corrected chi connectivity index (χ2v) is 6.05. The van der Waals surface area contributed by atoms with Crippen LogP contribution in [-0.2, 0) is 6.42 Å². The number of benzene rings is 2. The van der Waals surface area contributed by atoms with E-state index in [9.17, 15) is 9.18 Å². The van der Waals surface area contributed by atoms with Crippen molar-refractivity contribution in [3.63, 3.8) is 0 Å². The second kappa shape index (κ2) is 8.25. The van der Waals surface area contributed by atoms with Gasteiger partial charge in [-0.05, 0) is 55.3 Å². The normalized spacial score (nSPS) is 10.4. The molecule has 0 unspecified atom stereocenters. The summed E-state index contributed by atoms with van der Waals surface area (Å²) in [5, 5.41) is 6.10. The van der Waals surface area contributed by atoms with Crippen LogP contribution in [0.1, 0.15) is 21.6 Å². The Morgan fingerprint density at radius 2 is 1.73 bits per heavy atom. The molecule has 0 saturated carbocycles. The van der Waals surface area contributed by atoms with Crippen LogP contribution >= 0.6 is 0 Å². The Labute approximate surface area is 152 Å². The minimum absolute atomic E-state index is 0.236. The topological polar surface area (TPSA) is 54.0 Å². The summed E-state index contributed by atoms with van der Waals surface area (Å²) in [6.45, 7) is 2.49. The zero-order chi connectivity index (χ0) is 18.4. The Balaban J connectivity index is 1.57. The van der Waals surface area contributed by atoms with Crippen LogP contribution in [0.3, 0.4) is 0 Å². The molecule has 1 amide bonds. The third kappa shape index (κ3) is 4.89. The number of carbonyl (C=O) groups is 1. The Bertz CT molecular complexity index is 877. The van der Waals surface area contributed by atoms with Gasteiger partial charge in [-0.25, -0.2) is 4.39 Å². The molecule has 4 nitrogen and oxygen atoms in total. The molecule has 132 valence electrons. The van der Waals surface area contributed by atoms with Gasteiger partial charge in [-0.15, -0.1) is 0 Å². The maximum absolute atomic E-state index is 12.9. The molecule has 3 rings (SSSR count). The van der Waals surface area contributed by atoms with E-state index in [0.29, 0.717) is 18.7 Å². The summed E-state index contributed by atoms with van der Waals surface area (Å²) in [5.74, 6) is -0.500. The van der Waals surface area contributed by atoms with Crippen molar-refractivity contribution < 1.29 is 9.18 Å². The molecule has 0 saturated heterocycles. The third-order valence-electron chi connectivity index (χ3n) is 3.95. The van der Waals surface area contributed by atoms with Gasteiger partial charge in [0.2, 0.25) is 0 Å². The lowest BCUT2D eigenvalue weighted by molar-refractivity contribution is 0.0949. The summed E-state index contributed by atoms with van der Waals surface area (Å²) in [5.41, 5.74) is 4.25. The van der Waals surface area contributed by atoms with Gasteiger partial charge in [0.25, 0.3) is 5.91 Å². The van der Waals surface area contributed by atoms with Crippen molar-refractivity contribution in [3.05, 3.63) is 89.5 Å². The van der Waals surface area contributed by atoms with Gasteiger partial charge in [0.05, 0.1) is 0 Å². The predicted molar refractivity (Wildman–Crippen MR) is 101 cm³/mol. The molecule has 0 atom stereocenters. The largest absolute Gasteiger partial charge is 0.355 e. The van der Waals surface area contributed by atoms with Gasteiger partial charge >= 0.3 is 0 Å². The highest BCUT2D eigenvalue weighted by molar-refractivity contribution is 5.93. The van der Waals surface area contributed by atoms with Crippen LogP contribution < -0.4 is 10.6 Å². The fraction of sp³-hybridized carbons (Fsp3) is 0.143. The number of carbonyl (C=O) groups excluding carboxylic acids is 1. The van der Waals surface area contributed by atoms with E-state index >= 15 is 0 Å². The second-order valence-electron chi connectivity index (χ2n) is 6.05. The SMILES string of the molecule is Cc1ccc(Nc2ccnc(C(=O)NCCc3ccc(F)cc3)c2)cc1. The molecule has 1 heterocycles. The number of halogens is 1. The van der Waals surface area contributed by atoms with Gasteiger partial charge in [-0.1, -0.05) is 29.8 Å². The maximum Gasteiger partial charge on any atom is 0.269 e. The number of pyridine rings is 1. The summed E-state index contributed by atoms with van der Waals surface area (Å²) in [6.07, 6.45) is 2.23. The molecule has 0 aliphatic rings. The standard InChI is InChI=1S/C21H20FN3O/c1-15-2-8-18(9-3-15)25-19-11-13-23-20(14-19)21(26)24-12-10-16-4-6-17(22)7-5-16/h2-9,11,13-14H,10,12H2,1H3,(H,23,25)(H,24,26). The Morgan fingerprint density at radius 3 is 2.46 bits per heavy atom. The van der Waals surface area contributed by atoms with Gasteiger partial charge in [0, 0.05) is 24.1 Å². The van der Waals surface area contributed by atoms with Crippen LogP contribution in [0.25, 0.3) is 0 Å².